The number of thiazole rings is 1. The van der Waals surface area contributed by atoms with Crippen molar-refractivity contribution in [3.63, 3.8) is 0 Å². The van der Waals surface area contributed by atoms with Gasteiger partial charge in [0.1, 0.15) is 0 Å². The van der Waals surface area contributed by atoms with Crippen LogP contribution in [0.4, 0.5) is 5.69 Å². The molecule has 122 valence electrons. The molecule has 0 radical (unpaired) electrons. The van der Waals surface area contributed by atoms with E-state index >= 15 is 0 Å². The monoisotopic (exact) mass is 351 g/mol. The number of amides is 1. The van der Waals surface area contributed by atoms with E-state index in [4.69, 9.17) is 0 Å². The van der Waals surface area contributed by atoms with Crippen LogP contribution < -0.4 is 5.32 Å². The van der Waals surface area contributed by atoms with Crippen LogP contribution in [0, 0.1) is 12.8 Å². The van der Waals surface area contributed by atoms with E-state index in [2.05, 4.69) is 10.3 Å². The Hall–Kier alpha value is -1.51. The molecule has 1 aliphatic heterocycles. The predicted molar refractivity (Wildman–Crippen MR) is 90.0 cm³/mol. The fourth-order valence-corrected chi connectivity index (χ4v) is 5.49. The van der Waals surface area contributed by atoms with Gasteiger partial charge in [-0.1, -0.05) is 0 Å². The van der Waals surface area contributed by atoms with Crippen LogP contribution >= 0.6 is 11.3 Å². The van der Waals surface area contributed by atoms with Gasteiger partial charge in [0.15, 0.2) is 0 Å². The Labute approximate surface area is 138 Å². The molecule has 1 saturated heterocycles. The highest BCUT2D eigenvalue weighted by atomic mass is 32.2. The third-order valence-electron chi connectivity index (χ3n) is 4.29. The van der Waals surface area contributed by atoms with Gasteiger partial charge in [0.05, 0.1) is 26.4 Å². The molecule has 1 aromatic heterocycles. The first-order valence-corrected chi connectivity index (χ1v) is 9.92. The number of anilines is 1. The summed E-state index contributed by atoms with van der Waals surface area (Å²) in [5, 5.41) is 3.65. The molecule has 1 aromatic carbocycles. The maximum atomic E-state index is 12.2. The van der Waals surface area contributed by atoms with Crippen molar-refractivity contribution in [3.8, 4) is 0 Å². The number of sulfonamides is 1. The fraction of sp³-hybridized carbons (Fsp3) is 0.467. The second kappa shape index (κ2) is 5.25. The molecule has 23 heavy (non-hydrogen) atoms. The van der Waals surface area contributed by atoms with Crippen LogP contribution in [-0.4, -0.2) is 42.0 Å². The van der Waals surface area contributed by atoms with Crippen molar-refractivity contribution in [3.05, 3.63) is 23.2 Å². The summed E-state index contributed by atoms with van der Waals surface area (Å²) >= 11 is 1.62. The molecule has 2 fully saturated rings. The first kappa shape index (κ1) is 15.0. The Morgan fingerprint density at radius 1 is 1.35 bits per heavy atom. The molecule has 4 rings (SSSR count). The molecule has 2 heterocycles. The Morgan fingerprint density at radius 3 is 2.78 bits per heavy atom. The van der Waals surface area contributed by atoms with Crippen molar-refractivity contribution in [1.29, 1.82) is 0 Å². The number of carbonyl (C=O) groups is 1. The lowest BCUT2D eigenvalue weighted by atomic mass is 10.0. The minimum atomic E-state index is -3.15. The van der Waals surface area contributed by atoms with Gasteiger partial charge in [-0.15, -0.1) is 11.3 Å². The zero-order chi connectivity index (χ0) is 16.2. The van der Waals surface area contributed by atoms with Crippen molar-refractivity contribution in [2.45, 2.75) is 25.0 Å². The molecule has 0 bridgehead atoms. The van der Waals surface area contributed by atoms with Crippen LogP contribution in [0.3, 0.4) is 0 Å². The maximum Gasteiger partial charge on any atom is 0.230 e. The van der Waals surface area contributed by atoms with Gasteiger partial charge < -0.3 is 5.32 Å². The Morgan fingerprint density at radius 2 is 2.09 bits per heavy atom. The van der Waals surface area contributed by atoms with Crippen molar-refractivity contribution in [1.82, 2.24) is 9.29 Å². The number of hydrogen-bond acceptors (Lipinski definition) is 5. The molecule has 2 aromatic rings. The highest BCUT2D eigenvalue weighted by molar-refractivity contribution is 7.90. The van der Waals surface area contributed by atoms with Crippen molar-refractivity contribution >= 4 is 43.2 Å². The summed E-state index contributed by atoms with van der Waals surface area (Å²) in [6.45, 7) is 2.54. The number of hydrogen-bond donors (Lipinski definition) is 1. The van der Waals surface area contributed by atoms with Crippen molar-refractivity contribution in [2.75, 3.05) is 18.4 Å². The first-order valence-electron chi connectivity index (χ1n) is 7.60. The van der Waals surface area contributed by atoms with Crippen LogP contribution in [0.5, 0.6) is 0 Å². The fourth-order valence-electron chi connectivity index (χ4n) is 2.75. The molecular weight excluding hydrogens is 334 g/mol. The quantitative estimate of drug-likeness (QED) is 0.913. The van der Waals surface area contributed by atoms with E-state index in [1.165, 1.54) is 4.31 Å². The highest BCUT2D eigenvalue weighted by Gasteiger charge is 2.46. The summed E-state index contributed by atoms with van der Waals surface area (Å²) < 4.78 is 26.6. The molecule has 1 saturated carbocycles. The zero-order valence-electron chi connectivity index (χ0n) is 12.7. The number of aromatic nitrogens is 1. The molecule has 0 atom stereocenters. The van der Waals surface area contributed by atoms with E-state index in [9.17, 15) is 13.2 Å². The number of benzene rings is 1. The Balaban J connectivity index is 1.40. The van der Waals surface area contributed by atoms with E-state index in [-0.39, 0.29) is 17.1 Å². The molecule has 1 aliphatic carbocycles. The van der Waals surface area contributed by atoms with E-state index in [1.54, 1.807) is 11.3 Å². The lowest BCUT2D eigenvalue weighted by Crippen LogP contribution is -2.55. The standard InChI is InChI=1S/C15H17N3O3S2/c1-9-16-13-6-11(2-5-14(13)22-9)17-15(19)10-7-18(8-10)23(20,21)12-3-4-12/h2,5-6,10,12H,3-4,7-8H2,1H3,(H,17,19). The number of rotatable bonds is 4. The van der Waals surface area contributed by atoms with Crippen molar-refractivity contribution in [2.24, 2.45) is 5.92 Å². The second-order valence-corrected chi connectivity index (χ2v) is 9.61. The molecule has 0 spiro atoms. The first-order chi connectivity index (χ1) is 10.9. The zero-order valence-corrected chi connectivity index (χ0v) is 14.3. The number of nitrogens with zero attached hydrogens (tertiary/aromatic N) is 2. The van der Waals surface area contributed by atoms with Gasteiger partial charge in [-0.05, 0) is 38.0 Å². The van der Waals surface area contributed by atoms with E-state index in [0.29, 0.717) is 18.8 Å². The molecule has 0 unspecified atom stereocenters. The number of fused-ring (bicyclic) bond motifs is 1. The largest absolute Gasteiger partial charge is 0.326 e. The lowest BCUT2D eigenvalue weighted by molar-refractivity contribution is -0.122. The van der Waals surface area contributed by atoms with E-state index in [0.717, 1.165) is 28.1 Å². The topological polar surface area (TPSA) is 79.4 Å². The van der Waals surface area contributed by atoms with Crippen LogP contribution in [-0.2, 0) is 14.8 Å². The summed E-state index contributed by atoms with van der Waals surface area (Å²) in [6, 6.07) is 5.66. The molecular formula is C15H17N3O3S2. The molecule has 6 nitrogen and oxygen atoms in total. The summed E-state index contributed by atoms with van der Waals surface area (Å²) in [6.07, 6.45) is 1.51. The minimum Gasteiger partial charge on any atom is -0.326 e. The predicted octanol–water partition coefficient (Wildman–Crippen LogP) is 1.97. The van der Waals surface area contributed by atoms with E-state index < -0.39 is 10.0 Å². The Bertz CT molecular complexity index is 881. The normalized spacial score (nSPS) is 19.7. The number of nitrogens with one attached hydrogen (secondary N) is 1. The van der Waals surface area contributed by atoms with Crippen molar-refractivity contribution < 1.29 is 13.2 Å². The van der Waals surface area contributed by atoms with Gasteiger partial charge in [-0.2, -0.15) is 4.31 Å². The highest BCUT2D eigenvalue weighted by Crippen LogP contribution is 2.34. The second-order valence-electron chi connectivity index (χ2n) is 6.16. The molecule has 8 heteroatoms. The lowest BCUT2D eigenvalue weighted by Gasteiger charge is -2.37. The van der Waals surface area contributed by atoms with Crippen LogP contribution in [0.15, 0.2) is 18.2 Å². The van der Waals surface area contributed by atoms with Gasteiger partial charge >= 0.3 is 0 Å². The SMILES string of the molecule is Cc1nc2cc(NC(=O)C3CN(S(=O)(=O)C4CC4)C3)ccc2s1. The number of aryl methyl sites for hydroxylation is 1. The number of carbonyl (C=O) groups excluding carboxylic acids is 1. The minimum absolute atomic E-state index is 0.126. The van der Waals surface area contributed by atoms with Crippen LogP contribution in [0.1, 0.15) is 17.8 Å². The molecule has 1 amide bonds. The van der Waals surface area contributed by atoms with Crippen LogP contribution in [0.25, 0.3) is 10.2 Å². The van der Waals surface area contributed by atoms with Gasteiger partial charge in [-0.3, -0.25) is 4.79 Å². The summed E-state index contributed by atoms with van der Waals surface area (Å²) in [5.74, 6) is -0.394. The summed E-state index contributed by atoms with van der Waals surface area (Å²) in [4.78, 5) is 16.7. The Kier molecular flexibility index (Phi) is 3.44. The summed E-state index contributed by atoms with van der Waals surface area (Å²) in [7, 11) is -3.15. The summed E-state index contributed by atoms with van der Waals surface area (Å²) in [5.41, 5.74) is 1.58. The van der Waals surface area contributed by atoms with Crippen LogP contribution in [0.2, 0.25) is 0 Å². The molecule has 1 N–H and O–H groups in total. The van der Waals surface area contributed by atoms with Gasteiger partial charge in [0, 0.05) is 18.8 Å². The third-order valence-corrected chi connectivity index (χ3v) is 7.57. The average Bonchev–Trinajstić information content (AvgIpc) is 3.19. The average molecular weight is 351 g/mol. The maximum absolute atomic E-state index is 12.2. The smallest absolute Gasteiger partial charge is 0.230 e. The third kappa shape index (κ3) is 2.75. The molecule has 2 aliphatic rings. The van der Waals surface area contributed by atoms with Gasteiger partial charge in [0.2, 0.25) is 15.9 Å². The van der Waals surface area contributed by atoms with E-state index in [1.807, 2.05) is 25.1 Å². The van der Waals surface area contributed by atoms with Gasteiger partial charge in [-0.25, -0.2) is 13.4 Å². The van der Waals surface area contributed by atoms with Gasteiger partial charge in [0.25, 0.3) is 0 Å².